The normalized spacial score (nSPS) is 24.7. The molecule has 1 N–H and O–H groups in total. The molecule has 1 aromatic heterocycles. The van der Waals surface area contributed by atoms with Gasteiger partial charge in [0.1, 0.15) is 5.82 Å². The summed E-state index contributed by atoms with van der Waals surface area (Å²) in [6.07, 6.45) is 8.63. The minimum absolute atomic E-state index is 0.566. The van der Waals surface area contributed by atoms with Crippen LogP contribution in [0.15, 0.2) is 18.3 Å². The van der Waals surface area contributed by atoms with Crippen LogP contribution in [0.25, 0.3) is 0 Å². The lowest BCUT2D eigenvalue weighted by Crippen LogP contribution is -2.38. The number of hydrogen-bond acceptors (Lipinski definition) is 3. The molecule has 0 aromatic carbocycles. The molecular weight excluding hydrogens is 234 g/mol. The van der Waals surface area contributed by atoms with Crippen molar-refractivity contribution in [3.8, 4) is 0 Å². The highest BCUT2D eigenvalue weighted by atomic mass is 15.2. The van der Waals surface area contributed by atoms with Crippen LogP contribution in [0.5, 0.6) is 0 Å². The number of nitrogens with one attached hydrogen (secondary N) is 1. The van der Waals surface area contributed by atoms with Crippen molar-refractivity contribution < 1.29 is 0 Å². The van der Waals surface area contributed by atoms with Gasteiger partial charge in [0.15, 0.2) is 0 Å². The van der Waals surface area contributed by atoms with Crippen molar-refractivity contribution in [3.63, 3.8) is 0 Å². The van der Waals surface area contributed by atoms with Crippen LogP contribution >= 0.6 is 0 Å². The average molecular weight is 259 g/mol. The smallest absolute Gasteiger partial charge is 0.126 e. The van der Waals surface area contributed by atoms with Gasteiger partial charge in [-0.25, -0.2) is 4.98 Å². The molecule has 3 nitrogen and oxygen atoms in total. The first-order valence-electron chi connectivity index (χ1n) is 7.72. The second-order valence-electron chi connectivity index (χ2n) is 6.24. The summed E-state index contributed by atoms with van der Waals surface area (Å²) >= 11 is 0. The molecule has 2 heterocycles. The Balaban J connectivity index is 1.71. The van der Waals surface area contributed by atoms with Gasteiger partial charge in [-0.15, -0.1) is 0 Å². The number of rotatable bonds is 4. The first-order chi connectivity index (χ1) is 9.24. The highest BCUT2D eigenvalue weighted by Gasteiger charge is 2.26. The lowest BCUT2D eigenvalue weighted by atomic mass is 9.95. The van der Waals surface area contributed by atoms with Crippen LogP contribution in [-0.2, 0) is 0 Å². The zero-order valence-electron chi connectivity index (χ0n) is 12.1. The molecule has 1 aliphatic heterocycles. The Morgan fingerprint density at radius 3 is 2.68 bits per heavy atom. The van der Waals surface area contributed by atoms with E-state index in [1.54, 1.807) is 0 Å². The summed E-state index contributed by atoms with van der Waals surface area (Å²) in [6.45, 7) is 5.83. The van der Waals surface area contributed by atoms with Gasteiger partial charge in [-0.05, 0) is 57.7 Å². The van der Waals surface area contributed by atoms with Crippen LogP contribution in [0.2, 0.25) is 0 Å². The molecule has 0 amide bonds. The van der Waals surface area contributed by atoms with Gasteiger partial charge >= 0.3 is 0 Å². The Labute approximate surface area is 116 Å². The van der Waals surface area contributed by atoms with Gasteiger partial charge in [0.2, 0.25) is 0 Å². The molecule has 3 rings (SSSR count). The van der Waals surface area contributed by atoms with E-state index in [0.717, 1.165) is 5.82 Å². The van der Waals surface area contributed by atoms with Gasteiger partial charge in [-0.2, -0.15) is 0 Å². The number of likely N-dealkylation sites (tertiary alicyclic amines) is 1. The Hall–Kier alpha value is -1.09. The van der Waals surface area contributed by atoms with Crippen LogP contribution in [0.3, 0.4) is 0 Å². The molecule has 3 heteroatoms. The summed E-state index contributed by atoms with van der Waals surface area (Å²) in [5.41, 5.74) is 1.38. The third kappa shape index (κ3) is 3.08. The van der Waals surface area contributed by atoms with Crippen LogP contribution in [0, 0.1) is 0 Å². The maximum absolute atomic E-state index is 4.59. The SMILES string of the molecule is CC(C)N1CCCCC1c1ccc(NC2CC2)nc1. The third-order valence-electron chi connectivity index (χ3n) is 4.31. The number of nitrogens with zero attached hydrogens (tertiary/aromatic N) is 2. The quantitative estimate of drug-likeness (QED) is 0.895. The van der Waals surface area contributed by atoms with Crippen molar-refractivity contribution >= 4 is 5.82 Å². The van der Waals surface area contributed by atoms with E-state index in [-0.39, 0.29) is 0 Å². The second kappa shape index (κ2) is 5.49. The molecule has 1 atom stereocenters. The fourth-order valence-corrected chi connectivity index (χ4v) is 3.05. The largest absolute Gasteiger partial charge is 0.367 e. The van der Waals surface area contributed by atoms with E-state index in [1.807, 2.05) is 0 Å². The summed E-state index contributed by atoms with van der Waals surface area (Å²) < 4.78 is 0. The lowest BCUT2D eigenvalue weighted by Gasteiger charge is -2.38. The van der Waals surface area contributed by atoms with Crippen molar-refractivity contribution in [3.05, 3.63) is 23.9 Å². The monoisotopic (exact) mass is 259 g/mol. The zero-order chi connectivity index (χ0) is 13.2. The van der Waals surface area contributed by atoms with E-state index >= 15 is 0 Å². The maximum atomic E-state index is 4.59. The summed E-state index contributed by atoms with van der Waals surface area (Å²) in [5.74, 6) is 1.04. The van der Waals surface area contributed by atoms with E-state index in [0.29, 0.717) is 18.1 Å². The van der Waals surface area contributed by atoms with Gasteiger partial charge in [0.05, 0.1) is 0 Å². The highest BCUT2D eigenvalue weighted by Crippen LogP contribution is 2.32. The molecule has 0 bridgehead atoms. The zero-order valence-corrected chi connectivity index (χ0v) is 12.1. The molecule has 1 aromatic rings. The van der Waals surface area contributed by atoms with Crippen molar-refractivity contribution in [1.29, 1.82) is 0 Å². The van der Waals surface area contributed by atoms with E-state index in [2.05, 4.69) is 47.4 Å². The number of aromatic nitrogens is 1. The molecule has 19 heavy (non-hydrogen) atoms. The van der Waals surface area contributed by atoms with E-state index in [4.69, 9.17) is 0 Å². The van der Waals surface area contributed by atoms with Crippen molar-refractivity contribution in [1.82, 2.24) is 9.88 Å². The summed E-state index contributed by atoms with van der Waals surface area (Å²) in [5, 5.41) is 3.46. The van der Waals surface area contributed by atoms with Crippen LogP contribution in [0.1, 0.15) is 57.6 Å². The minimum atomic E-state index is 0.566. The predicted molar refractivity (Wildman–Crippen MR) is 79.3 cm³/mol. The van der Waals surface area contributed by atoms with Gasteiger partial charge in [-0.1, -0.05) is 12.5 Å². The Bertz CT molecular complexity index is 409. The Kier molecular flexibility index (Phi) is 3.74. The Morgan fingerprint density at radius 1 is 1.21 bits per heavy atom. The fraction of sp³-hybridized carbons (Fsp3) is 0.688. The van der Waals surface area contributed by atoms with Crippen LogP contribution < -0.4 is 5.32 Å². The number of pyridine rings is 1. The molecule has 1 saturated carbocycles. The molecule has 0 spiro atoms. The molecule has 1 unspecified atom stereocenters. The number of piperidine rings is 1. The molecule has 2 aliphatic rings. The van der Waals surface area contributed by atoms with Crippen molar-refractivity contribution in [2.75, 3.05) is 11.9 Å². The van der Waals surface area contributed by atoms with Crippen molar-refractivity contribution in [2.24, 2.45) is 0 Å². The van der Waals surface area contributed by atoms with Crippen LogP contribution in [0.4, 0.5) is 5.82 Å². The maximum Gasteiger partial charge on any atom is 0.126 e. The van der Waals surface area contributed by atoms with Gasteiger partial charge in [0, 0.05) is 24.3 Å². The molecule has 104 valence electrons. The van der Waals surface area contributed by atoms with Gasteiger partial charge in [-0.3, -0.25) is 4.90 Å². The van der Waals surface area contributed by atoms with E-state index in [9.17, 15) is 0 Å². The number of hydrogen-bond donors (Lipinski definition) is 1. The minimum Gasteiger partial charge on any atom is -0.367 e. The molecular formula is C16H25N3. The summed E-state index contributed by atoms with van der Waals surface area (Å²) in [6, 6.07) is 6.29. The average Bonchev–Trinajstić information content (AvgIpc) is 3.23. The molecule has 1 aliphatic carbocycles. The molecule has 1 saturated heterocycles. The first-order valence-corrected chi connectivity index (χ1v) is 7.72. The third-order valence-corrected chi connectivity index (χ3v) is 4.31. The molecule has 2 fully saturated rings. The van der Waals surface area contributed by atoms with E-state index < -0.39 is 0 Å². The second-order valence-corrected chi connectivity index (χ2v) is 6.24. The first kappa shape index (κ1) is 12.9. The predicted octanol–water partition coefficient (Wildman–Crippen LogP) is 3.59. The fourth-order valence-electron chi connectivity index (χ4n) is 3.05. The van der Waals surface area contributed by atoms with Crippen LogP contribution in [-0.4, -0.2) is 28.5 Å². The van der Waals surface area contributed by atoms with Gasteiger partial charge in [0.25, 0.3) is 0 Å². The van der Waals surface area contributed by atoms with Gasteiger partial charge < -0.3 is 5.32 Å². The highest BCUT2D eigenvalue weighted by molar-refractivity contribution is 5.38. The standard InChI is InChI=1S/C16H25N3/c1-12(2)19-10-4-3-5-15(19)13-6-9-16(17-11-13)18-14-7-8-14/h6,9,11-12,14-15H,3-5,7-8,10H2,1-2H3,(H,17,18). The Morgan fingerprint density at radius 2 is 2.05 bits per heavy atom. The number of anilines is 1. The molecule has 0 radical (unpaired) electrons. The van der Waals surface area contributed by atoms with Crippen molar-refractivity contribution in [2.45, 2.75) is 64.1 Å². The van der Waals surface area contributed by atoms with E-state index in [1.165, 1.54) is 44.2 Å². The summed E-state index contributed by atoms with van der Waals surface area (Å²) in [7, 11) is 0. The lowest BCUT2D eigenvalue weighted by molar-refractivity contribution is 0.112. The summed E-state index contributed by atoms with van der Waals surface area (Å²) in [4.78, 5) is 7.21. The topological polar surface area (TPSA) is 28.2 Å².